The predicted octanol–water partition coefficient (Wildman–Crippen LogP) is 1.05. The Morgan fingerprint density at radius 1 is 1.33 bits per heavy atom. The normalized spacial score (nSPS) is 38.5. The largest absolute Gasteiger partial charge is 0.394 e. The first-order valence-electron chi connectivity index (χ1n) is 6.61. The maximum Gasteiger partial charge on any atom is 0.394 e. The molecule has 2 bridgehead atoms. The molecule has 122 valence electrons. The molecule has 0 aromatic rings. The molecule has 2 rings (SSSR count). The van der Waals surface area contributed by atoms with E-state index in [9.17, 15) is 23.4 Å². The summed E-state index contributed by atoms with van der Waals surface area (Å²) in [6.07, 6.45) is -8.72. The van der Waals surface area contributed by atoms with Gasteiger partial charge in [0.15, 0.2) is 5.17 Å². The zero-order valence-corrected chi connectivity index (χ0v) is 12.7. The lowest BCUT2D eigenvalue weighted by Gasteiger charge is -2.31. The molecule has 2 heterocycles. The quantitative estimate of drug-likeness (QED) is 0.753. The van der Waals surface area contributed by atoms with Crippen LogP contribution in [0.2, 0.25) is 0 Å². The lowest BCUT2D eigenvalue weighted by Crippen LogP contribution is -2.48. The van der Waals surface area contributed by atoms with Gasteiger partial charge in [-0.15, -0.1) is 0 Å². The Kier molecular flexibility index (Phi) is 4.77. The minimum atomic E-state index is -4.50. The second-order valence-corrected chi connectivity index (χ2v) is 6.70. The number of hydrogen-bond donors (Lipinski definition) is 2. The summed E-state index contributed by atoms with van der Waals surface area (Å²) in [6.45, 7) is 0.953. The van der Waals surface area contributed by atoms with Crippen LogP contribution in [0.15, 0.2) is 4.99 Å². The molecule has 0 spiro atoms. The molecule has 5 nitrogen and oxygen atoms in total. The van der Waals surface area contributed by atoms with E-state index in [-0.39, 0.29) is 6.42 Å². The summed E-state index contributed by atoms with van der Waals surface area (Å²) in [4.78, 5) is 5.99. The molecule has 1 fully saturated rings. The smallest absolute Gasteiger partial charge is 0.388 e. The van der Waals surface area contributed by atoms with Crippen molar-refractivity contribution in [3.05, 3.63) is 0 Å². The fourth-order valence-corrected chi connectivity index (χ4v) is 3.50. The van der Waals surface area contributed by atoms with E-state index in [4.69, 9.17) is 4.74 Å². The van der Waals surface area contributed by atoms with Crippen LogP contribution >= 0.6 is 11.8 Å². The van der Waals surface area contributed by atoms with Gasteiger partial charge in [0.1, 0.15) is 17.6 Å². The number of amidine groups is 1. The molecule has 0 aromatic heterocycles. The fourth-order valence-electron chi connectivity index (χ4n) is 2.39. The predicted molar refractivity (Wildman–Crippen MR) is 73.0 cm³/mol. The number of thioether (sulfide) groups is 1. The molecule has 0 aromatic carbocycles. The molecule has 21 heavy (non-hydrogen) atoms. The van der Waals surface area contributed by atoms with Crippen molar-refractivity contribution in [1.82, 2.24) is 4.90 Å². The van der Waals surface area contributed by atoms with Gasteiger partial charge < -0.3 is 19.8 Å². The van der Waals surface area contributed by atoms with Crippen LogP contribution in [0, 0.1) is 5.92 Å². The van der Waals surface area contributed by atoms with E-state index in [1.165, 1.54) is 11.8 Å². The van der Waals surface area contributed by atoms with Crippen LogP contribution in [-0.2, 0) is 4.74 Å². The third kappa shape index (κ3) is 3.46. The van der Waals surface area contributed by atoms with Crippen molar-refractivity contribution in [2.24, 2.45) is 10.9 Å². The Morgan fingerprint density at radius 3 is 2.48 bits per heavy atom. The standard InChI is InChI=1S/C12H19F3N2O3S/c1-5(12(13,14)15)10-9(19)8(18)6-4-7(20-10)21-11(16-6)17(2)3/h5-10,18-19H,4H2,1-3H3. The Bertz CT molecular complexity index is 419. The second kappa shape index (κ2) is 5.94. The monoisotopic (exact) mass is 328 g/mol. The minimum absolute atomic E-state index is 0.279. The van der Waals surface area contributed by atoms with Gasteiger partial charge in [-0.1, -0.05) is 18.7 Å². The highest BCUT2D eigenvalue weighted by Crippen LogP contribution is 2.40. The molecule has 1 saturated heterocycles. The Labute approximate surface area is 125 Å². The van der Waals surface area contributed by atoms with E-state index in [0.29, 0.717) is 5.17 Å². The molecule has 0 aliphatic carbocycles. The van der Waals surface area contributed by atoms with E-state index >= 15 is 0 Å². The van der Waals surface area contributed by atoms with E-state index in [1.807, 2.05) is 0 Å². The van der Waals surface area contributed by atoms with Crippen LogP contribution in [0.4, 0.5) is 13.2 Å². The van der Waals surface area contributed by atoms with E-state index in [1.54, 1.807) is 19.0 Å². The molecule has 9 heteroatoms. The third-order valence-corrected chi connectivity index (χ3v) is 4.98. The number of halogens is 3. The van der Waals surface area contributed by atoms with E-state index in [2.05, 4.69) is 4.99 Å². The molecule has 2 aliphatic rings. The van der Waals surface area contributed by atoms with Gasteiger partial charge in [0.05, 0.1) is 18.1 Å². The van der Waals surface area contributed by atoms with E-state index < -0.39 is 41.9 Å². The number of aliphatic imine (C=N–C) groups is 1. The molecular formula is C12H19F3N2O3S. The number of fused-ring (bicyclic) bond motifs is 2. The molecule has 6 atom stereocenters. The van der Waals surface area contributed by atoms with Gasteiger partial charge in [-0.3, -0.25) is 4.99 Å². The van der Waals surface area contributed by atoms with Gasteiger partial charge in [0.25, 0.3) is 0 Å². The topological polar surface area (TPSA) is 65.3 Å². The molecular weight excluding hydrogens is 309 g/mol. The number of rotatable bonds is 1. The number of nitrogens with zero attached hydrogens (tertiary/aromatic N) is 2. The maximum atomic E-state index is 12.9. The molecule has 0 amide bonds. The van der Waals surface area contributed by atoms with Crippen molar-refractivity contribution in [2.45, 2.75) is 49.3 Å². The van der Waals surface area contributed by atoms with Crippen molar-refractivity contribution in [2.75, 3.05) is 14.1 Å². The number of hydrogen-bond acceptors (Lipinski definition) is 6. The van der Waals surface area contributed by atoms with Crippen LogP contribution < -0.4 is 0 Å². The van der Waals surface area contributed by atoms with Crippen LogP contribution in [0.5, 0.6) is 0 Å². The van der Waals surface area contributed by atoms with Crippen LogP contribution in [0.3, 0.4) is 0 Å². The van der Waals surface area contributed by atoms with Gasteiger partial charge >= 0.3 is 6.18 Å². The zero-order chi connectivity index (χ0) is 15.9. The Hall–Kier alpha value is -0.510. The summed E-state index contributed by atoms with van der Waals surface area (Å²) < 4.78 is 44.2. The number of aliphatic hydroxyl groups is 2. The Morgan fingerprint density at radius 2 is 1.95 bits per heavy atom. The SMILES string of the molecule is CC(C1OC2CC(N=C(N(C)C)S2)C(O)C1O)C(F)(F)F. The first-order valence-corrected chi connectivity index (χ1v) is 7.49. The average Bonchev–Trinajstić information content (AvgIpc) is 2.47. The van der Waals surface area contributed by atoms with Gasteiger partial charge in [-0.2, -0.15) is 13.2 Å². The van der Waals surface area contributed by atoms with Crippen LogP contribution in [0.1, 0.15) is 13.3 Å². The maximum absolute atomic E-state index is 12.9. The fraction of sp³-hybridized carbons (Fsp3) is 0.917. The van der Waals surface area contributed by atoms with Gasteiger partial charge in [-0.05, 0) is 0 Å². The molecule has 0 saturated carbocycles. The summed E-state index contributed by atoms with van der Waals surface area (Å²) in [5.41, 5.74) is -0.563. The summed E-state index contributed by atoms with van der Waals surface area (Å²) in [5.74, 6) is -1.87. The van der Waals surface area contributed by atoms with Gasteiger partial charge in [-0.25, -0.2) is 0 Å². The van der Waals surface area contributed by atoms with Crippen molar-refractivity contribution in [1.29, 1.82) is 0 Å². The third-order valence-electron chi connectivity index (χ3n) is 3.73. The number of alkyl halides is 3. The molecule has 0 radical (unpaired) electrons. The number of aliphatic hydroxyl groups excluding tert-OH is 2. The van der Waals surface area contributed by atoms with Crippen LogP contribution in [-0.4, -0.2) is 70.3 Å². The van der Waals surface area contributed by atoms with E-state index in [0.717, 1.165) is 6.92 Å². The van der Waals surface area contributed by atoms with Crippen molar-refractivity contribution >= 4 is 16.9 Å². The molecule has 2 N–H and O–H groups in total. The summed E-state index contributed by atoms with van der Waals surface area (Å²) in [7, 11) is 3.50. The minimum Gasteiger partial charge on any atom is -0.388 e. The van der Waals surface area contributed by atoms with Crippen molar-refractivity contribution in [3.63, 3.8) is 0 Å². The highest BCUT2D eigenvalue weighted by molar-refractivity contribution is 8.14. The van der Waals surface area contributed by atoms with Crippen molar-refractivity contribution < 1.29 is 28.1 Å². The highest BCUT2D eigenvalue weighted by atomic mass is 32.2. The first-order chi connectivity index (χ1) is 9.61. The number of ether oxygens (including phenoxy) is 1. The molecule has 6 unspecified atom stereocenters. The zero-order valence-electron chi connectivity index (χ0n) is 11.9. The lowest BCUT2D eigenvalue weighted by molar-refractivity contribution is -0.222. The van der Waals surface area contributed by atoms with Crippen molar-refractivity contribution in [3.8, 4) is 0 Å². The van der Waals surface area contributed by atoms with Gasteiger partial charge in [0.2, 0.25) is 0 Å². The van der Waals surface area contributed by atoms with Gasteiger partial charge in [0, 0.05) is 20.5 Å². The molecule has 2 aliphatic heterocycles. The lowest BCUT2D eigenvalue weighted by atomic mass is 9.93. The highest BCUT2D eigenvalue weighted by Gasteiger charge is 2.51. The summed E-state index contributed by atoms with van der Waals surface area (Å²) in [5, 5.41) is 20.7. The summed E-state index contributed by atoms with van der Waals surface area (Å²) >= 11 is 1.21. The first kappa shape index (κ1) is 16.9. The Balaban J connectivity index is 2.26. The average molecular weight is 328 g/mol. The van der Waals surface area contributed by atoms with Crippen LogP contribution in [0.25, 0.3) is 0 Å². The second-order valence-electron chi connectivity index (χ2n) is 5.57. The summed E-state index contributed by atoms with van der Waals surface area (Å²) in [6, 6.07) is -0.658.